The molecule has 1 aromatic rings. The number of hydrogen-bond acceptors (Lipinski definition) is 4. The number of esters is 2. The zero-order valence-corrected chi connectivity index (χ0v) is 13.4. The molecule has 0 saturated heterocycles. The molecule has 0 atom stereocenters. The van der Waals surface area contributed by atoms with Crippen molar-refractivity contribution in [1.29, 1.82) is 0 Å². The minimum Gasteiger partial charge on any atom is -0.457 e. The number of carbonyl (C=O) groups excluding carboxylic acids is 2. The van der Waals surface area contributed by atoms with Crippen LogP contribution in [0.3, 0.4) is 0 Å². The maximum Gasteiger partial charge on any atom is 0.417 e. The molecule has 0 aliphatic heterocycles. The van der Waals surface area contributed by atoms with Gasteiger partial charge in [0.15, 0.2) is 0 Å². The monoisotopic (exact) mass is 306 g/mol. The Morgan fingerprint density at radius 3 is 2.09 bits per heavy atom. The van der Waals surface area contributed by atoms with Gasteiger partial charge in [-0.05, 0) is 12.0 Å². The molecule has 0 saturated carbocycles. The average Bonchev–Trinajstić information content (AvgIpc) is 2.54. The Labute approximate surface area is 132 Å². The van der Waals surface area contributed by atoms with Crippen molar-refractivity contribution >= 4 is 11.9 Å². The highest BCUT2D eigenvalue weighted by molar-refractivity contribution is 6.29. The molecule has 0 fully saturated rings. The maximum absolute atomic E-state index is 11.4. The van der Waals surface area contributed by atoms with E-state index in [1.807, 2.05) is 30.3 Å². The highest BCUT2D eigenvalue weighted by atomic mass is 16.6. The summed E-state index contributed by atoms with van der Waals surface area (Å²) in [5.74, 6) is -1.79. The summed E-state index contributed by atoms with van der Waals surface area (Å²) >= 11 is 0. The summed E-state index contributed by atoms with van der Waals surface area (Å²) < 4.78 is 9.80. The maximum atomic E-state index is 11.4. The molecular weight excluding hydrogens is 280 g/mol. The second-order valence-electron chi connectivity index (χ2n) is 5.28. The first-order valence-corrected chi connectivity index (χ1v) is 8.12. The van der Waals surface area contributed by atoms with Crippen LogP contribution in [0.5, 0.6) is 0 Å². The predicted octanol–water partition coefficient (Wildman–Crippen LogP) is 3.68. The van der Waals surface area contributed by atoms with Gasteiger partial charge in [-0.15, -0.1) is 0 Å². The third-order valence-corrected chi connectivity index (χ3v) is 3.36. The molecule has 0 aromatic heterocycles. The summed E-state index contributed by atoms with van der Waals surface area (Å²) in [7, 11) is 0. The van der Waals surface area contributed by atoms with Crippen molar-refractivity contribution in [3.8, 4) is 0 Å². The molecule has 0 aliphatic carbocycles. The molecule has 0 bridgehead atoms. The van der Waals surface area contributed by atoms with Crippen LogP contribution >= 0.6 is 0 Å². The fourth-order valence-corrected chi connectivity index (χ4v) is 2.07. The lowest BCUT2D eigenvalue weighted by Gasteiger charge is -2.06. The van der Waals surface area contributed by atoms with Crippen molar-refractivity contribution in [3.63, 3.8) is 0 Å². The topological polar surface area (TPSA) is 52.6 Å². The molecule has 4 nitrogen and oxygen atoms in total. The number of hydrogen-bond donors (Lipinski definition) is 0. The van der Waals surface area contributed by atoms with E-state index in [1.54, 1.807) is 0 Å². The molecule has 1 rings (SSSR count). The fourth-order valence-electron chi connectivity index (χ4n) is 2.07. The Morgan fingerprint density at radius 1 is 0.818 bits per heavy atom. The second kappa shape index (κ2) is 11.8. The first-order valence-electron chi connectivity index (χ1n) is 8.12. The van der Waals surface area contributed by atoms with E-state index >= 15 is 0 Å². The second-order valence-corrected chi connectivity index (χ2v) is 5.28. The molecule has 1 aromatic carbocycles. The van der Waals surface area contributed by atoms with Gasteiger partial charge in [-0.2, -0.15) is 0 Å². The van der Waals surface area contributed by atoms with E-state index in [0.29, 0.717) is 13.0 Å². The van der Waals surface area contributed by atoms with Crippen LogP contribution in [0.1, 0.15) is 51.0 Å². The third-order valence-electron chi connectivity index (χ3n) is 3.36. The smallest absolute Gasteiger partial charge is 0.417 e. The van der Waals surface area contributed by atoms with Crippen LogP contribution in [0.15, 0.2) is 30.3 Å². The highest BCUT2D eigenvalue weighted by Gasteiger charge is 2.16. The van der Waals surface area contributed by atoms with Gasteiger partial charge in [-0.25, -0.2) is 9.59 Å². The zero-order chi connectivity index (χ0) is 16.0. The van der Waals surface area contributed by atoms with Crippen molar-refractivity contribution in [3.05, 3.63) is 35.9 Å². The van der Waals surface area contributed by atoms with Gasteiger partial charge in [0.1, 0.15) is 0 Å². The Balaban J connectivity index is 2.03. The Hall–Kier alpha value is -1.84. The summed E-state index contributed by atoms with van der Waals surface area (Å²) in [5, 5.41) is 0. The van der Waals surface area contributed by atoms with Crippen LogP contribution in [-0.4, -0.2) is 25.2 Å². The van der Waals surface area contributed by atoms with Crippen molar-refractivity contribution in [2.45, 2.75) is 51.9 Å². The molecule has 122 valence electrons. The molecular formula is C18H26O4. The summed E-state index contributed by atoms with van der Waals surface area (Å²) in [4.78, 5) is 22.9. The summed E-state index contributed by atoms with van der Waals surface area (Å²) in [5.41, 5.74) is 1.07. The van der Waals surface area contributed by atoms with Gasteiger partial charge < -0.3 is 9.47 Å². The number of ether oxygens (including phenoxy) is 2. The molecule has 0 heterocycles. The standard InChI is InChI=1S/C18H26O4/c1-2-3-4-5-6-10-14-21-17(19)18(20)22-15-13-16-11-8-7-9-12-16/h7-9,11-12H,2-6,10,13-15H2,1H3. The van der Waals surface area contributed by atoms with Crippen molar-refractivity contribution in [2.24, 2.45) is 0 Å². The van der Waals surface area contributed by atoms with E-state index in [1.165, 1.54) is 19.3 Å². The molecule has 0 spiro atoms. The fraction of sp³-hybridized carbons (Fsp3) is 0.556. The van der Waals surface area contributed by atoms with Gasteiger partial charge in [-0.1, -0.05) is 69.4 Å². The van der Waals surface area contributed by atoms with Gasteiger partial charge in [0, 0.05) is 6.42 Å². The van der Waals surface area contributed by atoms with E-state index in [-0.39, 0.29) is 6.61 Å². The SMILES string of the molecule is CCCCCCCCOC(=O)C(=O)OCCc1ccccc1. The summed E-state index contributed by atoms with van der Waals surface area (Å²) in [6, 6.07) is 9.67. The van der Waals surface area contributed by atoms with E-state index in [0.717, 1.165) is 24.8 Å². The number of unbranched alkanes of at least 4 members (excludes halogenated alkanes) is 5. The predicted molar refractivity (Wildman–Crippen MR) is 85.4 cm³/mol. The molecule has 0 unspecified atom stereocenters. The van der Waals surface area contributed by atoms with Gasteiger partial charge in [0.25, 0.3) is 0 Å². The van der Waals surface area contributed by atoms with Crippen LogP contribution in [0.4, 0.5) is 0 Å². The number of carbonyl (C=O) groups is 2. The summed E-state index contributed by atoms with van der Waals surface area (Å²) in [6.45, 7) is 2.65. The molecule has 4 heteroatoms. The first kappa shape index (κ1) is 18.2. The minimum absolute atomic E-state index is 0.189. The van der Waals surface area contributed by atoms with E-state index in [4.69, 9.17) is 9.47 Å². The van der Waals surface area contributed by atoms with E-state index in [2.05, 4.69) is 6.92 Å². The molecule has 0 amide bonds. The minimum atomic E-state index is -0.901. The normalized spacial score (nSPS) is 10.2. The van der Waals surface area contributed by atoms with E-state index < -0.39 is 11.9 Å². The van der Waals surface area contributed by atoms with Crippen LogP contribution in [0.2, 0.25) is 0 Å². The molecule has 0 N–H and O–H groups in total. The van der Waals surface area contributed by atoms with Crippen LogP contribution in [-0.2, 0) is 25.5 Å². The largest absolute Gasteiger partial charge is 0.457 e. The Bertz CT molecular complexity index is 428. The van der Waals surface area contributed by atoms with Crippen LogP contribution < -0.4 is 0 Å². The molecule has 22 heavy (non-hydrogen) atoms. The van der Waals surface area contributed by atoms with Gasteiger partial charge in [0.05, 0.1) is 13.2 Å². The van der Waals surface area contributed by atoms with Crippen molar-refractivity contribution in [2.75, 3.05) is 13.2 Å². The number of rotatable bonds is 10. The van der Waals surface area contributed by atoms with Gasteiger partial charge in [0.2, 0.25) is 0 Å². The lowest BCUT2D eigenvalue weighted by Crippen LogP contribution is -2.21. The number of benzene rings is 1. The van der Waals surface area contributed by atoms with Gasteiger partial charge >= 0.3 is 11.9 Å². The van der Waals surface area contributed by atoms with E-state index in [9.17, 15) is 9.59 Å². The third kappa shape index (κ3) is 8.45. The van der Waals surface area contributed by atoms with Crippen LogP contribution in [0.25, 0.3) is 0 Å². The summed E-state index contributed by atoms with van der Waals surface area (Å²) in [6.07, 6.45) is 7.23. The lowest BCUT2D eigenvalue weighted by atomic mass is 10.1. The highest BCUT2D eigenvalue weighted by Crippen LogP contribution is 2.05. The lowest BCUT2D eigenvalue weighted by molar-refractivity contribution is -0.167. The zero-order valence-electron chi connectivity index (χ0n) is 13.4. The van der Waals surface area contributed by atoms with Crippen molar-refractivity contribution < 1.29 is 19.1 Å². The van der Waals surface area contributed by atoms with Crippen molar-refractivity contribution in [1.82, 2.24) is 0 Å². The first-order chi connectivity index (χ1) is 10.7. The molecule has 0 radical (unpaired) electrons. The average molecular weight is 306 g/mol. The van der Waals surface area contributed by atoms with Crippen LogP contribution in [0, 0.1) is 0 Å². The molecule has 0 aliphatic rings. The quantitative estimate of drug-likeness (QED) is 0.376. The van der Waals surface area contributed by atoms with Gasteiger partial charge in [-0.3, -0.25) is 0 Å². The Kier molecular flexibility index (Phi) is 9.75. The Morgan fingerprint density at radius 2 is 1.41 bits per heavy atom.